The lowest BCUT2D eigenvalue weighted by molar-refractivity contribution is 0.102. The smallest absolute Gasteiger partial charge is 0.332 e. The number of rotatable bonds is 4. The molecule has 2 aromatic heterocycles. The van der Waals surface area contributed by atoms with E-state index in [0.29, 0.717) is 17.2 Å². The molecule has 0 radical (unpaired) electrons. The highest BCUT2D eigenvalue weighted by Crippen LogP contribution is 2.29. The third kappa shape index (κ3) is 3.46. The van der Waals surface area contributed by atoms with Gasteiger partial charge >= 0.3 is 5.69 Å². The number of pyridine rings is 1. The Kier molecular flexibility index (Phi) is 4.89. The van der Waals surface area contributed by atoms with Crippen molar-refractivity contribution in [2.24, 2.45) is 14.1 Å². The predicted octanol–water partition coefficient (Wildman–Crippen LogP) is 2.68. The largest absolute Gasteiger partial charge is 0.455 e. The zero-order valence-electron chi connectivity index (χ0n) is 16.3. The maximum atomic E-state index is 12.8. The minimum atomic E-state index is -0.511. The molecule has 2 aromatic carbocycles. The Bertz CT molecular complexity index is 1370. The number of amides is 1. The molecule has 0 fully saturated rings. The van der Waals surface area contributed by atoms with E-state index in [1.54, 1.807) is 24.3 Å². The summed E-state index contributed by atoms with van der Waals surface area (Å²) in [6.45, 7) is 0. The van der Waals surface area contributed by atoms with Gasteiger partial charge < -0.3 is 10.1 Å². The summed E-state index contributed by atoms with van der Waals surface area (Å²) >= 11 is 0. The van der Waals surface area contributed by atoms with Crippen molar-refractivity contribution in [3.63, 3.8) is 0 Å². The van der Waals surface area contributed by atoms with Crippen molar-refractivity contribution in [1.82, 2.24) is 14.1 Å². The van der Waals surface area contributed by atoms with Crippen molar-refractivity contribution in [2.75, 3.05) is 5.32 Å². The Hall–Kier alpha value is -4.20. The average molecular weight is 402 g/mol. The summed E-state index contributed by atoms with van der Waals surface area (Å²) in [7, 11) is 2.90. The fourth-order valence-electron chi connectivity index (χ4n) is 3.06. The summed E-state index contributed by atoms with van der Waals surface area (Å²) in [5.74, 6) is 0.657. The van der Waals surface area contributed by atoms with Crippen LogP contribution in [-0.4, -0.2) is 20.0 Å². The van der Waals surface area contributed by atoms with Gasteiger partial charge in [0.1, 0.15) is 11.4 Å². The van der Waals surface area contributed by atoms with E-state index in [1.807, 2.05) is 30.3 Å². The monoisotopic (exact) mass is 402 g/mol. The van der Waals surface area contributed by atoms with Crippen molar-refractivity contribution >= 4 is 22.6 Å². The molecular formula is C22H18N4O4. The van der Waals surface area contributed by atoms with Crippen LogP contribution in [0.1, 0.15) is 10.4 Å². The van der Waals surface area contributed by atoms with E-state index in [4.69, 9.17) is 4.74 Å². The lowest BCUT2D eigenvalue weighted by Gasteiger charge is -2.12. The van der Waals surface area contributed by atoms with Crippen LogP contribution in [0.15, 0.2) is 76.4 Å². The van der Waals surface area contributed by atoms with Crippen molar-refractivity contribution in [1.29, 1.82) is 0 Å². The highest BCUT2D eigenvalue weighted by Gasteiger charge is 2.15. The average Bonchev–Trinajstić information content (AvgIpc) is 2.78. The van der Waals surface area contributed by atoms with Gasteiger partial charge in [0.2, 0.25) is 0 Å². The molecule has 0 bridgehead atoms. The minimum absolute atomic E-state index is 0.182. The van der Waals surface area contributed by atoms with Crippen LogP contribution in [0.3, 0.4) is 0 Å². The number of fused-ring (bicyclic) bond motifs is 1. The molecule has 8 nitrogen and oxygen atoms in total. The van der Waals surface area contributed by atoms with E-state index in [9.17, 15) is 14.4 Å². The number of hydrogen-bond donors (Lipinski definition) is 1. The van der Waals surface area contributed by atoms with Crippen molar-refractivity contribution < 1.29 is 9.53 Å². The third-order valence-electron chi connectivity index (χ3n) is 4.66. The fourth-order valence-corrected chi connectivity index (χ4v) is 3.06. The Morgan fingerprint density at radius 3 is 2.43 bits per heavy atom. The maximum absolute atomic E-state index is 12.8. The Balaban J connectivity index is 1.68. The van der Waals surface area contributed by atoms with E-state index in [1.165, 1.54) is 30.9 Å². The number of carbonyl (C=O) groups excluding carboxylic acids is 1. The number of aromatic nitrogens is 3. The molecule has 2 heterocycles. The molecule has 0 aliphatic rings. The molecule has 8 heteroatoms. The Labute approximate surface area is 171 Å². The van der Waals surface area contributed by atoms with E-state index in [-0.39, 0.29) is 16.6 Å². The number of carbonyl (C=O) groups is 1. The van der Waals surface area contributed by atoms with Gasteiger partial charge in [-0.3, -0.25) is 18.7 Å². The van der Waals surface area contributed by atoms with Crippen LogP contribution in [0.25, 0.3) is 11.0 Å². The summed E-state index contributed by atoms with van der Waals surface area (Å²) in [6, 6.07) is 17.7. The van der Waals surface area contributed by atoms with Crippen LogP contribution in [-0.2, 0) is 14.1 Å². The fraction of sp³-hybridized carbons (Fsp3) is 0.0909. The molecule has 0 aliphatic carbocycles. The van der Waals surface area contributed by atoms with Crippen LogP contribution in [0.2, 0.25) is 0 Å². The highest BCUT2D eigenvalue weighted by molar-refractivity contribution is 6.06. The second-order valence-electron chi connectivity index (χ2n) is 6.67. The molecule has 30 heavy (non-hydrogen) atoms. The van der Waals surface area contributed by atoms with Crippen molar-refractivity contribution in [2.45, 2.75) is 0 Å². The zero-order chi connectivity index (χ0) is 21.3. The number of para-hydroxylation sites is 3. The molecule has 0 atom stereocenters. The van der Waals surface area contributed by atoms with Gasteiger partial charge in [-0.2, -0.15) is 0 Å². The van der Waals surface area contributed by atoms with Crippen molar-refractivity contribution in [3.8, 4) is 11.5 Å². The van der Waals surface area contributed by atoms with Crippen molar-refractivity contribution in [3.05, 3.63) is 93.3 Å². The standard InChI is InChI=1S/C22H18N4O4/c1-25-19-16(21(28)26(2)22(25)29)12-14(13-23-19)20(27)24-17-10-6-7-11-18(17)30-15-8-4-3-5-9-15/h3-13H,1-2H3,(H,24,27). The van der Waals surface area contributed by atoms with Crippen LogP contribution in [0.4, 0.5) is 5.69 Å². The van der Waals surface area contributed by atoms with Crippen LogP contribution < -0.4 is 21.3 Å². The summed E-state index contributed by atoms with van der Waals surface area (Å²) < 4.78 is 8.10. The number of ether oxygens (including phenoxy) is 1. The van der Waals surface area contributed by atoms with Gasteiger partial charge in [-0.15, -0.1) is 0 Å². The first kappa shape index (κ1) is 19.1. The van der Waals surface area contributed by atoms with E-state index >= 15 is 0 Å². The third-order valence-corrected chi connectivity index (χ3v) is 4.66. The van der Waals surface area contributed by atoms with Gasteiger partial charge in [-0.1, -0.05) is 30.3 Å². The molecule has 0 spiro atoms. The number of nitrogens with zero attached hydrogens (tertiary/aromatic N) is 3. The highest BCUT2D eigenvalue weighted by atomic mass is 16.5. The van der Waals surface area contributed by atoms with Crippen LogP contribution >= 0.6 is 0 Å². The van der Waals surface area contributed by atoms with Crippen LogP contribution in [0, 0.1) is 0 Å². The number of benzene rings is 2. The molecule has 150 valence electrons. The number of hydrogen-bond acceptors (Lipinski definition) is 5. The van der Waals surface area contributed by atoms with E-state index < -0.39 is 17.2 Å². The zero-order valence-corrected chi connectivity index (χ0v) is 16.3. The molecular weight excluding hydrogens is 384 g/mol. The van der Waals surface area contributed by atoms with Gasteiger partial charge in [0.25, 0.3) is 11.5 Å². The van der Waals surface area contributed by atoms with Gasteiger partial charge in [-0.25, -0.2) is 9.78 Å². The molecule has 4 rings (SSSR count). The Morgan fingerprint density at radius 1 is 0.967 bits per heavy atom. The molecule has 1 amide bonds. The van der Waals surface area contributed by atoms with Gasteiger partial charge in [0.05, 0.1) is 16.6 Å². The summed E-state index contributed by atoms with van der Waals surface area (Å²) in [4.78, 5) is 41.5. The quantitative estimate of drug-likeness (QED) is 0.566. The first-order valence-corrected chi connectivity index (χ1v) is 9.15. The molecule has 0 aliphatic heterocycles. The molecule has 1 N–H and O–H groups in total. The second kappa shape index (κ2) is 7.67. The summed E-state index contributed by atoms with van der Waals surface area (Å²) in [6.07, 6.45) is 1.33. The first-order chi connectivity index (χ1) is 14.5. The Morgan fingerprint density at radius 2 is 1.67 bits per heavy atom. The molecule has 0 unspecified atom stereocenters. The minimum Gasteiger partial charge on any atom is -0.455 e. The van der Waals surface area contributed by atoms with E-state index in [0.717, 1.165) is 4.57 Å². The van der Waals surface area contributed by atoms with Gasteiger partial charge in [-0.05, 0) is 30.3 Å². The van der Waals surface area contributed by atoms with Gasteiger partial charge in [0, 0.05) is 20.3 Å². The van der Waals surface area contributed by atoms with Gasteiger partial charge in [0.15, 0.2) is 5.75 Å². The van der Waals surface area contributed by atoms with E-state index in [2.05, 4.69) is 10.3 Å². The number of nitrogens with one attached hydrogen (secondary N) is 1. The lowest BCUT2D eigenvalue weighted by Crippen LogP contribution is -2.37. The number of anilines is 1. The normalized spacial score (nSPS) is 10.7. The summed E-state index contributed by atoms with van der Waals surface area (Å²) in [5.41, 5.74) is -0.118. The first-order valence-electron chi connectivity index (χ1n) is 9.15. The molecule has 0 saturated carbocycles. The molecule has 4 aromatic rings. The summed E-state index contributed by atoms with van der Waals surface area (Å²) in [5, 5.41) is 2.97. The number of aryl methyl sites for hydroxylation is 1. The van der Waals surface area contributed by atoms with Crippen LogP contribution in [0.5, 0.6) is 11.5 Å². The second-order valence-corrected chi connectivity index (χ2v) is 6.67. The lowest BCUT2D eigenvalue weighted by atomic mass is 10.2. The topological polar surface area (TPSA) is 95.2 Å². The predicted molar refractivity (Wildman–Crippen MR) is 113 cm³/mol. The molecule has 0 saturated heterocycles. The maximum Gasteiger partial charge on any atom is 0.332 e. The SMILES string of the molecule is Cn1c(=O)c2cc(C(=O)Nc3ccccc3Oc3ccccc3)cnc2n(C)c1=O.